The Hall–Kier alpha value is -4.70. The third-order valence-electron chi connectivity index (χ3n) is 9.57. The van der Waals surface area contributed by atoms with Crippen LogP contribution in [0, 0.1) is 0 Å². The number of hydrogen-bond acceptors (Lipinski definition) is 3. The Labute approximate surface area is 259 Å². The summed E-state index contributed by atoms with van der Waals surface area (Å²) in [6, 6.07) is 36.2. The first-order chi connectivity index (χ1) is 21.4. The highest BCUT2D eigenvalue weighted by molar-refractivity contribution is 6.09. The molecule has 6 aromatic rings. The number of hydrogen-bond donors (Lipinski definition) is 1. The van der Waals surface area contributed by atoms with Crippen molar-refractivity contribution in [3.63, 3.8) is 0 Å². The molecule has 0 radical (unpaired) electrons. The van der Waals surface area contributed by atoms with Crippen LogP contribution in [0.2, 0.25) is 0 Å². The quantitative estimate of drug-likeness (QED) is 0.213. The molecule has 1 aromatic heterocycles. The first kappa shape index (κ1) is 28.1. The van der Waals surface area contributed by atoms with E-state index in [9.17, 15) is 4.79 Å². The van der Waals surface area contributed by atoms with Crippen molar-refractivity contribution in [1.29, 1.82) is 0 Å². The Morgan fingerprint density at radius 1 is 0.795 bits per heavy atom. The Balaban J connectivity index is 0.000000201. The van der Waals surface area contributed by atoms with E-state index >= 15 is 0 Å². The zero-order valence-corrected chi connectivity index (χ0v) is 25.5. The Morgan fingerprint density at radius 3 is 2.43 bits per heavy atom. The summed E-state index contributed by atoms with van der Waals surface area (Å²) in [6.45, 7) is 7.33. The van der Waals surface area contributed by atoms with Crippen molar-refractivity contribution < 1.29 is 9.90 Å². The molecule has 44 heavy (non-hydrogen) atoms. The lowest BCUT2D eigenvalue weighted by Crippen LogP contribution is -2.29. The normalized spacial score (nSPS) is 17.3. The van der Waals surface area contributed by atoms with Crippen LogP contribution in [0.3, 0.4) is 0 Å². The minimum atomic E-state index is -0.911. The Bertz CT molecular complexity index is 2000. The fourth-order valence-corrected chi connectivity index (χ4v) is 7.55. The molecular formula is C40H38N2O2. The van der Waals surface area contributed by atoms with Gasteiger partial charge >= 0.3 is 5.97 Å². The van der Waals surface area contributed by atoms with Gasteiger partial charge in [-0.2, -0.15) is 0 Å². The minimum Gasteiger partial charge on any atom is -0.478 e. The highest BCUT2D eigenvalue weighted by Gasteiger charge is 2.35. The number of carboxylic acid groups (broad SMARTS) is 1. The number of nitrogens with zero attached hydrogens (tertiary/aromatic N) is 2. The van der Waals surface area contributed by atoms with Crippen molar-refractivity contribution in [2.75, 3.05) is 18.0 Å². The van der Waals surface area contributed by atoms with Crippen LogP contribution in [-0.4, -0.2) is 29.1 Å². The van der Waals surface area contributed by atoms with E-state index in [4.69, 9.17) is 5.11 Å². The lowest BCUT2D eigenvalue weighted by atomic mass is 9.65. The molecule has 1 saturated heterocycles. The summed E-state index contributed by atoms with van der Waals surface area (Å²) in [5, 5.41) is 15.1. The Kier molecular flexibility index (Phi) is 7.29. The third-order valence-corrected chi connectivity index (χ3v) is 9.57. The SMILES string of the molecule is CC1(C)CC(c2cccc(N3CCCC3)c2)Cc2ccc3c(ccc4ccccc43)c21.O=C(O)c1ccc2ncccc2c1. The number of rotatable bonds is 3. The number of pyridine rings is 1. The highest BCUT2D eigenvalue weighted by Crippen LogP contribution is 2.47. The van der Waals surface area contributed by atoms with Crippen molar-refractivity contribution >= 4 is 44.1 Å². The molecule has 0 spiro atoms. The van der Waals surface area contributed by atoms with Gasteiger partial charge in [-0.25, -0.2) is 4.79 Å². The maximum Gasteiger partial charge on any atom is 0.335 e. The molecule has 4 heteroatoms. The molecule has 1 N–H and O–H groups in total. The second-order valence-electron chi connectivity index (χ2n) is 13.0. The van der Waals surface area contributed by atoms with E-state index in [1.807, 2.05) is 6.07 Å². The summed E-state index contributed by atoms with van der Waals surface area (Å²) in [4.78, 5) is 17.3. The van der Waals surface area contributed by atoms with Gasteiger partial charge in [0, 0.05) is 30.4 Å². The summed E-state index contributed by atoms with van der Waals surface area (Å²) in [5.74, 6) is -0.325. The minimum absolute atomic E-state index is 0.157. The molecule has 2 heterocycles. The van der Waals surface area contributed by atoms with Crippen molar-refractivity contribution in [3.8, 4) is 0 Å². The topological polar surface area (TPSA) is 53.4 Å². The molecule has 2 aliphatic rings. The number of anilines is 1. The van der Waals surface area contributed by atoms with E-state index in [0.29, 0.717) is 11.5 Å². The number of carbonyl (C=O) groups is 1. The first-order valence-corrected chi connectivity index (χ1v) is 15.7. The molecule has 0 saturated carbocycles. The van der Waals surface area contributed by atoms with Gasteiger partial charge in [-0.3, -0.25) is 4.98 Å². The van der Waals surface area contributed by atoms with Gasteiger partial charge in [-0.05, 0) is 112 Å². The maximum atomic E-state index is 10.6. The second-order valence-corrected chi connectivity index (χ2v) is 13.0. The predicted molar refractivity (Wildman–Crippen MR) is 182 cm³/mol. The highest BCUT2D eigenvalue weighted by atomic mass is 16.4. The van der Waals surface area contributed by atoms with Crippen LogP contribution in [0.15, 0.2) is 109 Å². The zero-order chi connectivity index (χ0) is 30.3. The number of fused-ring (bicyclic) bond motifs is 6. The van der Waals surface area contributed by atoms with Crippen LogP contribution >= 0.6 is 0 Å². The lowest BCUT2D eigenvalue weighted by molar-refractivity contribution is 0.0697. The molecule has 220 valence electrons. The fraction of sp³-hybridized carbons (Fsp3) is 0.250. The van der Waals surface area contributed by atoms with Crippen LogP contribution in [-0.2, 0) is 11.8 Å². The first-order valence-electron chi connectivity index (χ1n) is 15.7. The van der Waals surface area contributed by atoms with Crippen LogP contribution in [0.1, 0.15) is 66.1 Å². The molecule has 0 amide bonds. The summed E-state index contributed by atoms with van der Waals surface area (Å²) in [5.41, 5.74) is 7.31. The van der Waals surface area contributed by atoms with Gasteiger partial charge in [0.05, 0.1) is 11.1 Å². The van der Waals surface area contributed by atoms with Crippen molar-refractivity contribution in [3.05, 3.63) is 132 Å². The monoisotopic (exact) mass is 578 g/mol. The molecule has 8 rings (SSSR count). The van der Waals surface area contributed by atoms with E-state index < -0.39 is 5.97 Å². The van der Waals surface area contributed by atoms with Gasteiger partial charge in [0.2, 0.25) is 0 Å². The van der Waals surface area contributed by atoms with Crippen LogP contribution in [0.4, 0.5) is 5.69 Å². The van der Waals surface area contributed by atoms with E-state index in [0.717, 1.165) is 17.3 Å². The summed E-state index contributed by atoms with van der Waals surface area (Å²) < 4.78 is 0. The summed E-state index contributed by atoms with van der Waals surface area (Å²) in [6.07, 6.45) is 6.69. The zero-order valence-electron chi connectivity index (χ0n) is 25.5. The number of benzene rings is 5. The van der Waals surface area contributed by atoms with Crippen LogP contribution in [0.5, 0.6) is 0 Å². The smallest absolute Gasteiger partial charge is 0.335 e. The van der Waals surface area contributed by atoms with Crippen LogP contribution < -0.4 is 4.90 Å². The Morgan fingerprint density at radius 2 is 1.59 bits per heavy atom. The van der Waals surface area contributed by atoms with Gasteiger partial charge in [0.1, 0.15) is 0 Å². The van der Waals surface area contributed by atoms with E-state index in [1.54, 1.807) is 36.0 Å². The van der Waals surface area contributed by atoms with E-state index in [1.165, 1.54) is 70.7 Å². The van der Waals surface area contributed by atoms with Crippen molar-refractivity contribution in [2.45, 2.75) is 50.9 Å². The molecular weight excluding hydrogens is 540 g/mol. The average molecular weight is 579 g/mol. The third kappa shape index (κ3) is 5.30. The summed E-state index contributed by atoms with van der Waals surface area (Å²) in [7, 11) is 0. The molecule has 1 aliphatic carbocycles. The van der Waals surface area contributed by atoms with Gasteiger partial charge in [0.15, 0.2) is 0 Å². The van der Waals surface area contributed by atoms with Crippen molar-refractivity contribution in [1.82, 2.24) is 4.98 Å². The predicted octanol–water partition coefficient (Wildman–Crippen LogP) is 9.53. The molecule has 1 aliphatic heterocycles. The molecule has 0 bridgehead atoms. The lowest BCUT2D eigenvalue weighted by Gasteiger charge is -2.39. The standard InChI is InChI=1S/C30H31N.C10H7NO2/c1-30(2)20-24(22-9-7-10-25(19-22)31-16-5-6-17-31)18-23-13-14-27-26-11-4-3-8-21(26)12-15-28(27)29(23)30;12-10(13)8-3-4-9-7(6-8)2-1-5-11-9/h3-4,7-15,19,24H,5-6,16-18,20H2,1-2H3;1-6H,(H,12,13). The molecule has 1 unspecified atom stereocenters. The maximum absolute atomic E-state index is 10.6. The van der Waals surface area contributed by atoms with Gasteiger partial charge in [-0.15, -0.1) is 0 Å². The number of aromatic nitrogens is 1. The van der Waals surface area contributed by atoms with E-state index in [2.05, 4.69) is 96.5 Å². The number of carboxylic acids is 1. The largest absolute Gasteiger partial charge is 0.478 e. The van der Waals surface area contributed by atoms with Gasteiger partial charge in [0.25, 0.3) is 0 Å². The summed E-state index contributed by atoms with van der Waals surface area (Å²) >= 11 is 0. The molecule has 1 atom stereocenters. The van der Waals surface area contributed by atoms with E-state index in [-0.39, 0.29) is 5.41 Å². The van der Waals surface area contributed by atoms with Crippen LogP contribution in [0.25, 0.3) is 32.4 Å². The van der Waals surface area contributed by atoms with Gasteiger partial charge in [-0.1, -0.05) is 80.6 Å². The fourth-order valence-electron chi connectivity index (χ4n) is 7.55. The molecule has 4 nitrogen and oxygen atoms in total. The molecule has 5 aromatic carbocycles. The van der Waals surface area contributed by atoms with Crippen molar-refractivity contribution in [2.24, 2.45) is 0 Å². The number of aromatic carboxylic acids is 1. The van der Waals surface area contributed by atoms with Gasteiger partial charge < -0.3 is 10.0 Å². The second kappa shape index (κ2) is 11.4. The molecule has 1 fully saturated rings. The average Bonchev–Trinajstić information content (AvgIpc) is 3.59.